The lowest BCUT2D eigenvalue weighted by atomic mass is 9.83. The van der Waals surface area contributed by atoms with Gasteiger partial charge in [0.15, 0.2) is 0 Å². The highest BCUT2D eigenvalue weighted by molar-refractivity contribution is 5.87. The molecule has 40 heavy (non-hydrogen) atoms. The molecule has 0 unspecified atom stereocenters. The molecule has 2 aromatic carbocycles. The van der Waals surface area contributed by atoms with Gasteiger partial charge in [0.2, 0.25) is 0 Å². The van der Waals surface area contributed by atoms with Gasteiger partial charge in [0.05, 0.1) is 5.57 Å². The third kappa shape index (κ3) is 11.4. The van der Waals surface area contributed by atoms with E-state index >= 15 is 0 Å². The average Bonchev–Trinajstić information content (AvgIpc) is 2.93. The van der Waals surface area contributed by atoms with Crippen LogP contribution in [0.4, 0.5) is 0 Å². The molecular weight excluding hydrogens is 484 g/mol. The molecule has 0 radical (unpaired) electrons. The first-order chi connectivity index (χ1) is 19.5. The second kappa shape index (κ2) is 19.4. The maximum Gasteiger partial charge on any atom is 0.303 e. The maximum absolute atomic E-state index is 9.75. The number of allylic oxidation sites excluding steroid dienone is 2. The molecule has 0 aromatic heterocycles. The largest absolute Gasteiger partial charge is 0.348 e. The van der Waals surface area contributed by atoms with Gasteiger partial charge in [-0.25, -0.2) is 0 Å². The molecule has 0 heterocycles. The Morgan fingerprint density at radius 3 is 1.68 bits per heavy atom. The van der Waals surface area contributed by atoms with Crippen LogP contribution in [0.25, 0.3) is 11.1 Å². The van der Waals surface area contributed by atoms with E-state index in [9.17, 15) is 5.53 Å². The van der Waals surface area contributed by atoms with Crippen LogP contribution in [0.3, 0.4) is 0 Å². The zero-order valence-electron chi connectivity index (χ0n) is 26.7. The van der Waals surface area contributed by atoms with Crippen LogP contribution in [-0.2, 0) is 12.8 Å². The number of benzene rings is 2. The van der Waals surface area contributed by atoms with E-state index in [0.29, 0.717) is 0 Å². The van der Waals surface area contributed by atoms with Crippen molar-refractivity contribution in [1.29, 1.82) is 0 Å². The molecule has 0 spiro atoms. The molecule has 0 saturated carbocycles. The SMILES string of the molecule is CCCCCCCCC(=C=[N+]=[N-])C(CCCC)=C(c1cc(C)cc(C)c1)c1cc(CCCC)cc(CCCC)c1. The molecule has 0 aliphatic rings. The number of aryl methyl sites for hydroxylation is 4. The number of hydrogen-bond acceptors (Lipinski definition) is 0. The van der Waals surface area contributed by atoms with Crippen LogP contribution < -0.4 is 0 Å². The van der Waals surface area contributed by atoms with Crippen molar-refractivity contribution in [3.8, 4) is 0 Å². The first-order valence-corrected chi connectivity index (χ1v) is 16.4. The van der Waals surface area contributed by atoms with Gasteiger partial charge < -0.3 is 5.53 Å². The average molecular weight is 541 g/mol. The quantitative estimate of drug-likeness (QED) is 0.0558. The van der Waals surface area contributed by atoms with Crippen molar-refractivity contribution in [2.45, 2.75) is 144 Å². The molecule has 0 amide bonds. The van der Waals surface area contributed by atoms with Gasteiger partial charge in [-0.3, -0.25) is 0 Å². The minimum absolute atomic E-state index is 0.905. The van der Waals surface area contributed by atoms with Gasteiger partial charge in [-0.2, -0.15) is 0 Å². The van der Waals surface area contributed by atoms with E-state index < -0.39 is 0 Å². The Balaban J connectivity index is 2.78. The first kappa shape index (κ1) is 33.5. The Kier molecular flexibility index (Phi) is 16.3. The predicted octanol–water partition coefficient (Wildman–Crippen LogP) is 11.6. The minimum Gasteiger partial charge on any atom is -0.348 e. The predicted molar refractivity (Wildman–Crippen MR) is 175 cm³/mol. The van der Waals surface area contributed by atoms with Crippen molar-refractivity contribution in [2.24, 2.45) is 0 Å². The molecule has 2 aromatic rings. The molecule has 0 bridgehead atoms. The lowest BCUT2D eigenvalue weighted by Crippen LogP contribution is -2.03. The summed E-state index contributed by atoms with van der Waals surface area (Å²) >= 11 is 0. The Bertz CT molecular complexity index is 1110. The molecule has 0 atom stereocenters. The van der Waals surface area contributed by atoms with Gasteiger partial charge in [-0.1, -0.05) is 127 Å². The van der Waals surface area contributed by atoms with Crippen molar-refractivity contribution in [3.05, 3.63) is 86.5 Å². The molecule has 0 aliphatic carbocycles. The van der Waals surface area contributed by atoms with Crippen LogP contribution in [0, 0.1) is 13.8 Å². The fourth-order valence-electron chi connectivity index (χ4n) is 5.79. The molecular formula is C38H56N2. The topological polar surface area (TPSA) is 36.4 Å². The zero-order valence-corrected chi connectivity index (χ0v) is 26.7. The van der Waals surface area contributed by atoms with E-state index in [1.165, 1.54) is 102 Å². The number of rotatable bonds is 19. The zero-order chi connectivity index (χ0) is 29.2. The van der Waals surface area contributed by atoms with Crippen molar-refractivity contribution in [1.82, 2.24) is 0 Å². The summed E-state index contributed by atoms with van der Waals surface area (Å²) in [6.07, 6.45) is 18.6. The highest BCUT2D eigenvalue weighted by Crippen LogP contribution is 2.36. The van der Waals surface area contributed by atoms with Gasteiger partial charge in [0.25, 0.3) is 0 Å². The second-order valence-electron chi connectivity index (χ2n) is 11.8. The Hall–Kier alpha value is -2.66. The second-order valence-corrected chi connectivity index (χ2v) is 11.8. The van der Waals surface area contributed by atoms with Crippen molar-refractivity contribution >= 4 is 11.4 Å². The van der Waals surface area contributed by atoms with Crippen LogP contribution >= 0.6 is 0 Å². The van der Waals surface area contributed by atoms with Crippen LogP contribution in [0.2, 0.25) is 0 Å². The molecule has 0 N–H and O–H groups in total. The Morgan fingerprint density at radius 2 is 1.12 bits per heavy atom. The normalized spacial score (nSPS) is 11.7. The van der Waals surface area contributed by atoms with Gasteiger partial charge in [-0.15, -0.1) is 4.79 Å². The maximum atomic E-state index is 9.75. The Morgan fingerprint density at radius 1 is 0.600 bits per heavy atom. The molecule has 0 saturated heterocycles. The third-order valence-corrected chi connectivity index (χ3v) is 7.90. The summed E-state index contributed by atoms with van der Waals surface area (Å²) in [5, 5.41) is 0. The molecule has 2 rings (SSSR count). The van der Waals surface area contributed by atoms with Gasteiger partial charge >= 0.3 is 5.87 Å². The van der Waals surface area contributed by atoms with Crippen LogP contribution in [-0.4, -0.2) is 10.7 Å². The highest BCUT2D eigenvalue weighted by Gasteiger charge is 2.19. The molecule has 2 heteroatoms. The fraction of sp³-hybridized carbons (Fsp3) is 0.579. The van der Waals surface area contributed by atoms with E-state index in [1.807, 2.05) is 0 Å². The molecule has 2 nitrogen and oxygen atoms in total. The summed E-state index contributed by atoms with van der Waals surface area (Å²) < 4.78 is 0. The highest BCUT2D eigenvalue weighted by atomic mass is 14.8. The summed E-state index contributed by atoms with van der Waals surface area (Å²) in [7, 11) is 0. The fourth-order valence-corrected chi connectivity index (χ4v) is 5.79. The summed E-state index contributed by atoms with van der Waals surface area (Å²) in [6, 6.07) is 14.3. The molecule has 0 aliphatic heterocycles. The molecule has 0 fully saturated rings. The van der Waals surface area contributed by atoms with Crippen molar-refractivity contribution in [3.63, 3.8) is 0 Å². The van der Waals surface area contributed by atoms with E-state index in [2.05, 4.69) is 88.6 Å². The summed E-state index contributed by atoms with van der Waals surface area (Å²) in [5.74, 6) is 3.08. The van der Waals surface area contributed by atoms with E-state index in [1.54, 1.807) is 0 Å². The molecule has 218 valence electrons. The van der Waals surface area contributed by atoms with Crippen molar-refractivity contribution in [2.75, 3.05) is 0 Å². The monoisotopic (exact) mass is 540 g/mol. The standard InChI is InChI=1S/C38H56N2/c1-7-11-15-16-17-18-21-34(29-40-39)37(22-14-10-4)38(35-24-30(5)23-31(6)25-35)36-27-32(19-12-8-2)26-33(28-36)20-13-9-3/h23-28H,7-22H2,1-6H3. The van der Waals surface area contributed by atoms with Crippen LogP contribution in [0.5, 0.6) is 0 Å². The van der Waals surface area contributed by atoms with E-state index in [-0.39, 0.29) is 0 Å². The summed E-state index contributed by atoms with van der Waals surface area (Å²) in [4.78, 5) is 3.49. The van der Waals surface area contributed by atoms with Crippen molar-refractivity contribution < 1.29 is 4.79 Å². The van der Waals surface area contributed by atoms with Crippen LogP contribution in [0.1, 0.15) is 151 Å². The number of nitrogens with zero attached hydrogens (tertiary/aromatic N) is 2. The summed E-state index contributed by atoms with van der Waals surface area (Å²) in [5.41, 5.74) is 21.5. The Labute approximate surface area is 246 Å². The van der Waals surface area contributed by atoms with Gasteiger partial charge in [0.1, 0.15) is 0 Å². The smallest absolute Gasteiger partial charge is 0.303 e. The van der Waals surface area contributed by atoms with E-state index in [4.69, 9.17) is 0 Å². The third-order valence-electron chi connectivity index (χ3n) is 7.90. The summed E-state index contributed by atoms with van der Waals surface area (Å²) in [6.45, 7) is 13.5. The van der Waals surface area contributed by atoms with Gasteiger partial charge in [0, 0.05) is 0 Å². The number of unbranched alkanes of at least 4 members (excludes halogenated alkanes) is 8. The first-order valence-electron chi connectivity index (χ1n) is 16.4. The van der Waals surface area contributed by atoms with Gasteiger partial charge in [-0.05, 0) is 98.6 Å². The minimum atomic E-state index is 0.905. The number of hydrogen-bond donors (Lipinski definition) is 0. The lowest BCUT2D eigenvalue weighted by molar-refractivity contribution is 0.00739. The lowest BCUT2D eigenvalue weighted by Gasteiger charge is -2.20. The van der Waals surface area contributed by atoms with Crippen LogP contribution in [0.15, 0.2) is 47.5 Å². The van der Waals surface area contributed by atoms with E-state index in [0.717, 1.165) is 50.5 Å².